The molecule has 1 aromatic carbocycles. The van der Waals surface area contributed by atoms with Crippen LogP contribution in [0.5, 0.6) is 0 Å². The minimum Gasteiger partial charge on any atom is -0.469 e. The summed E-state index contributed by atoms with van der Waals surface area (Å²) in [5.41, 5.74) is 2.09. The normalized spacial score (nSPS) is 15.0. The number of furan rings is 1. The van der Waals surface area contributed by atoms with E-state index >= 15 is 0 Å². The Morgan fingerprint density at radius 2 is 1.77 bits per heavy atom. The van der Waals surface area contributed by atoms with Crippen LogP contribution in [0.4, 0.5) is 0 Å². The lowest BCUT2D eigenvalue weighted by Crippen LogP contribution is -2.35. The van der Waals surface area contributed by atoms with Crippen molar-refractivity contribution >= 4 is 17.7 Å². The molecule has 3 heterocycles. The van der Waals surface area contributed by atoms with Crippen molar-refractivity contribution in [3.8, 4) is 11.4 Å². The molecule has 0 aliphatic carbocycles. The molecule has 0 N–H and O–H groups in total. The number of thioether (sulfide) groups is 1. The van der Waals surface area contributed by atoms with Gasteiger partial charge >= 0.3 is 0 Å². The van der Waals surface area contributed by atoms with E-state index in [4.69, 9.17) is 4.42 Å². The quantitative estimate of drug-likeness (QED) is 0.533. The van der Waals surface area contributed by atoms with Crippen molar-refractivity contribution in [2.45, 2.75) is 50.7 Å². The predicted octanol–water partition coefficient (Wildman–Crippen LogP) is 4.78. The van der Waals surface area contributed by atoms with Gasteiger partial charge in [-0.3, -0.25) is 9.36 Å². The standard InChI is InChI=1S/C23H28N4O2S/c1-18-20(12-15-29-18)22-24-25-23(27(22)16-19-10-6-5-7-11-19)30-17-21(28)26-13-8-3-2-4-9-14-26/h5-7,10-12,15H,2-4,8-9,13-14,16-17H2,1H3. The number of likely N-dealkylation sites (tertiary alicyclic amines) is 1. The number of carbonyl (C=O) groups is 1. The first-order valence-electron chi connectivity index (χ1n) is 10.6. The van der Waals surface area contributed by atoms with E-state index in [0.717, 1.165) is 53.8 Å². The number of benzene rings is 1. The van der Waals surface area contributed by atoms with Gasteiger partial charge in [0, 0.05) is 13.1 Å². The third-order valence-electron chi connectivity index (χ3n) is 5.53. The second-order valence-corrected chi connectivity index (χ2v) is 8.65. The maximum atomic E-state index is 12.8. The van der Waals surface area contributed by atoms with Crippen molar-refractivity contribution in [1.82, 2.24) is 19.7 Å². The van der Waals surface area contributed by atoms with E-state index in [-0.39, 0.29) is 5.91 Å². The van der Waals surface area contributed by atoms with Gasteiger partial charge < -0.3 is 9.32 Å². The summed E-state index contributed by atoms with van der Waals surface area (Å²) < 4.78 is 7.57. The molecule has 1 aliphatic rings. The Hall–Kier alpha value is -2.54. The summed E-state index contributed by atoms with van der Waals surface area (Å²) in [7, 11) is 0. The van der Waals surface area contributed by atoms with Crippen molar-refractivity contribution < 1.29 is 9.21 Å². The monoisotopic (exact) mass is 424 g/mol. The van der Waals surface area contributed by atoms with Gasteiger partial charge in [-0.2, -0.15) is 0 Å². The van der Waals surface area contributed by atoms with Crippen LogP contribution in [0, 0.1) is 6.92 Å². The van der Waals surface area contributed by atoms with Crippen LogP contribution in [0.15, 0.2) is 52.2 Å². The van der Waals surface area contributed by atoms with Gasteiger partial charge in [0.1, 0.15) is 5.76 Å². The zero-order valence-electron chi connectivity index (χ0n) is 17.4. The lowest BCUT2D eigenvalue weighted by molar-refractivity contribution is -0.128. The molecule has 1 aliphatic heterocycles. The van der Waals surface area contributed by atoms with Crippen LogP contribution < -0.4 is 0 Å². The molecule has 1 fully saturated rings. The third-order valence-corrected chi connectivity index (χ3v) is 6.49. The number of rotatable bonds is 6. The van der Waals surface area contributed by atoms with Gasteiger partial charge in [-0.1, -0.05) is 61.4 Å². The van der Waals surface area contributed by atoms with Gasteiger partial charge in [-0.05, 0) is 31.4 Å². The summed E-state index contributed by atoms with van der Waals surface area (Å²) in [6.45, 7) is 4.31. The maximum absolute atomic E-state index is 12.8. The Morgan fingerprint density at radius 3 is 2.47 bits per heavy atom. The summed E-state index contributed by atoms with van der Waals surface area (Å²) in [4.78, 5) is 14.8. The summed E-state index contributed by atoms with van der Waals surface area (Å²) >= 11 is 1.47. The number of amides is 1. The lowest BCUT2D eigenvalue weighted by Gasteiger charge is -2.24. The van der Waals surface area contributed by atoms with Gasteiger partial charge in [0.2, 0.25) is 5.91 Å². The molecule has 30 heavy (non-hydrogen) atoms. The van der Waals surface area contributed by atoms with Crippen LogP contribution in [0.2, 0.25) is 0 Å². The zero-order valence-corrected chi connectivity index (χ0v) is 18.2. The van der Waals surface area contributed by atoms with Crippen molar-refractivity contribution in [2.75, 3.05) is 18.8 Å². The summed E-state index contributed by atoms with van der Waals surface area (Å²) in [6.07, 6.45) is 7.60. The van der Waals surface area contributed by atoms with E-state index in [1.807, 2.05) is 36.1 Å². The van der Waals surface area contributed by atoms with E-state index < -0.39 is 0 Å². The zero-order chi connectivity index (χ0) is 20.8. The van der Waals surface area contributed by atoms with Gasteiger partial charge in [0.05, 0.1) is 24.1 Å². The number of hydrogen-bond donors (Lipinski definition) is 0. The molecule has 4 rings (SSSR count). The number of nitrogens with zero attached hydrogens (tertiary/aromatic N) is 4. The molecule has 1 amide bonds. The SMILES string of the molecule is Cc1occc1-c1nnc(SCC(=O)N2CCCCCCC2)n1Cc1ccccc1. The molecule has 6 nitrogen and oxygen atoms in total. The van der Waals surface area contributed by atoms with Crippen molar-refractivity contribution in [3.63, 3.8) is 0 Å². The molecule has 0 atom stereocenters. The Bertz CT molecular complexity index is 959. The highest BCUT2D eigenvalue weighted by Gasteiger charge is 2.20. The summed E-state index contributed by atoms with van der Waals surface area (Å²) in [5, 5.41) is 9.62. The Kier molecular flexibility index (Phi) is 6.89. The fourth-order valence-electron chi connectivity index (χ4n) is 3.83. The molecule has 0 saturated carbocycles. The molecule has 0 bridgehead atoms. The highest BCUT2D eigenvalue weighted by molar-refractivity contribution is 7.99. The molecule has 0 radical (unpaired) electrons. The summed E-state index contributed by atoms with van der Waals surface area (Å²) in [5.74, 6) is 2.16. The molecular weight excluding hydrogens is 396 g/mol. The van der Waals surface area contributed by atoms with E-state index in [2.05, 4.69) is 26.9 Å². The van der Waals surface area contributed by atoms with Gasteiger partial charge in [-0.15, -0.1) is 10.2 Å². The van der Waals surface area contributed by atoms with E-state index in [1.165, 1.54) is 31.0 Å². The van der Waals surface area contributed by atoms with Crippen LogP contribution >= 0.6 is 11.8 Å². The largest absolute Gasteiger partial charge is 0.469 e. The van der Waals surface area contributed by atoms with E-state index in [1.54, 1.807) is 6.26 Å². The van der Waals surface area contributed by atoms with Gasteiger partial charge in [0.15, 0.2) is 11.0 Å². The van der Waals surface area contributed by atoms with Crippen LogP contribution in [-0.4, -0.2) is 44.4 Å². The maximum Gasteiger partial charge on any atom is 0.233 e. The van der Waals surface area contributed by atoms with Gasteiger partial charge in [-0.25, -0.2) is 0 Å². The lowest BCUT2D eigenvalue weighted by atomic mass is 10.1. The molecule has 0 spiro atoms. The highest BCUT2D eigenvalue weighted by Crippen LogP contribution is 2.28. The van der Waals surface area contributed by atoms with Crippen molar-refractivity contribution in [2.24, 2.45) is 0 Å². The van der Waals surface area contributed by atoms with Crippen LogP contribution in [0.3, 0.4) is 0 Å². The summed E-state index contributed by atoms with van der Waals surface area (Å²) in [6, 6.07) is 12.2. The number of carbonyl (C=O) groups excluding carboxylic acids is 1. The smallest absolute Gasteiger partial charge is 0.233 e. The molecule has 1 saturated heterocycles. The molecule has 2 aromatic heterocycles. The minimum absolute atomic E-state index is 0.192. The van der Waals surface area contributed by atoms with Gasteiger partial charge in [0.25, 0.3) is 0 Å². The molecule has 3 aromatic rings. The first kappa shape index (κ1) is 20.7. The second-order valence-electron chi connectivity index (χ2n) is 7.71. The van der Waals surface area contributed by atoms with Crippen LogP contribution in [-0.2, 0) is 11.3 Å². The molecular formula is C23H28N4O2S. The first-order chi connectivity index (χ1) is 14.7. The average molecular weight is 425 g/mol. The predicted molar refractivity (Wildman–Crippen MR) is 118 cm³/mol. The van der Waals surface area contributed by atoms with Crippen LogP contribution in [0.25, 0.3) is 11.4 Å². The van der Waals surface area contributed by atoms with Crippen LogP contribution in [0.1, 0.15) is 43.4 Å². The minimum atomic E-state index is 0.192. The van der Waals surface area contributed by atoms with Crippen molar-refractivity contribution in [3.05, 3.63) is 54.0 Å². The number of aromatic nitrogens is 3. The Morgan fingerprint density at radius 1 is 1.03 bits per heavy atom. The van der Waals surface area contributed by atoms with E-state index in [9.17, 15) is 4.79 Å². The highest BCUT2D eigenvalue weighted by atomic mass is 32.2. The number of hydrogen-bond acceptors (Lipinski definition) is 5. The molecule has 0 unspecified atom stereocenters. The number of aryl methyl sites for hydroxylation is 1. The second kappa shape index (κ2) is 9.98. The Labute approximate surface area is 181 Å². The van der Waals surface area contributed by atoms with Crippen molar-refractivity contribution in [1.29, 1.82) is 0 Å². The molecule has 7 heteroatoms. The first-order valence-corrected chi connectivity index (χ1v) is 11.6. The fraction of sp³-hybridized carbons (Fsp3) is 0.435. The average Bonchev–Trinajstić information content (AvgIpc) is 3.32. The fourth-order valence-corrected chi connectivity index (χ4v) is 4.68. The third kappa shape index (κ3) is 4.95. The molecule has 158 valence electrons. The Balaban J connectivity index is 1.53. The topological polar surface area (TPSA) is 64.2 Å². The van der Waals surface area contributed by atoms with E-state index in [0.29, 0.717) is 12.3 Å².